The normalized spacial score (nSPS) is 11.8. The summed E-state index contributed by atoms with van der Waals surface area (Å²) in [6, 6.07) is 13.7. The van der Waals surface area contributed by atoms with E-state index in [1.165, 1.54) is 42.5 Å². The zero-order chi connectivity index (χ0) is 24.2. The molecule has 1 amide bonds. The Balaban J connectivity index is 1.89. The number of nitrogens with zero attached hydrogens (tertiary/aromatic N) is 1. The molecule has 0 aromatic heterocycles. The average molecular weight is 501 g/mol. The topological polar surface area (TPSA) is 66.5 Å². The Bertz CT molecular complexity index is 1230. The van der Waals surface area contributed by atoms with Crippen molar-refractivity contribution in [3.05, 3.63) is 94.8 Å². The van der Waals surface area contributed by atoms with Crippen LogP contribution in [-0.4, -0.2) is 27.4 Å². The molecule has 0 aliphatic carbocycles. The van der Waals surface area contributed by atoms with Crippen LogP contribution in [0.25, 0.3) is 0 Å². The third-order valence-corrected chi connectivity index (χ3v) is 6.66. The minimum absolute atomic E-state index is 0.141. The van der Waals surface area contributed by atoms with Crippen molar-refractivity contribution in [2.75, 3.05) is 17.4 Å². The summed E-state index contributed by atoms with van der Waals surface area (Å²) in [5, 5.41) is 2.77. The van der Waals surface area contributed by atoms with Gasteiger partial charge in [0.2, 0.25) is 0 Å². The van der Waals surface area contributed by atoms with Gasteiger partial charge in [-0.25, -0.2) is 12.8 Å². The number of halogens is 5. The summed E-state index contributed by atoms with van der Waals surface area (Å²) in [5.74, 6) is -1.13. The van der Waals surface area contributed by atoms with Crippen LogP contribution in [0.4, 0.5) is 23.2 Å². The van der Waals surface area contributed by atoms with Crippen molar-refractivity contribution < 1.29 is 30.8 Å². The van der Waals surface area contributed by atoms with E-state index in [-0.39, 0.29) is 34.3 Å². The SMILES string of the molecule is O=C(NCCN(c1cccc(C(F)(F)F)c1)S(=O)(=O)c1ccc(Cl)cc1)c1ccc(F)cc1. The Morgan fingerprint density at radius 1 is 0.970 bits per heavy atom. The van der Waals surface area contributed by atoms with Crippen molar-refractivity contribution in [2.24, 2.45) is 0 Å². The van der Waals surface area contributed by atoms with E-state index < -0.39 is 33.5 Å². The summed E-state index contributed by atoms with van der Waals surface area (Å²) in [7, 11) is -4.29. The number of alkyl halides is 3. The molecule has 11 heteroatoms. The van der Waals surface area contributed by atoms with E-state index in [0.717, 1.165) is 34.6 Å². The highest BCUT2D eigenvalue weighted by molar-refractivity contribution is 7.92. The van der Waals surface area contributed by atoms with E-state index in [9.17, 15) is 30.8 Å². The van der Waals surface area contributed by atoms with Gasteiger partial charge in [-0.05, 0) is 66.7 Å². The lowest BCUT2D eigenvalue weighted by molar-refractivity contribution is -0.137. The lowest BCUT2D eigenvalue weighted by Crippen LogP contribution is -2.38. The molecule has 174 valence electrons. The van der Waals surface area contributed by atoms with Gasteiger partial charge in [0, 0.05) is 17.1 Å². The van der Waals surface area contributed by atoms with Crippen molar-refractivity contribution in [2.45, 2.75) is 11.1 Å². The van der Waals surface area contributed by atoms with E-state index in [1.54, 1.807) is 0 Å². The summed E-state index contributed by atoms with van der Waals surface area (Å²) in [6.45, 7) is -0.585. The molecule has 0 saturated carbocycles. The van der Waals surface area contributed by atoms with Gasteiger partial charge in [-0.3, -0.25) is 9.10 Å². The minimum Gasteiger partial charge on any atom is -0.350 e. The van der Waals surface area contributed by atoms with Gasteiger partial charge in [-0.2, -0.15) is 13.2 Å². The van der Waals surface area contributed by atoms with E-state index >= 15 is 0 Å². The highest BCUT2D eigenvalue weighted by atomic mass is 35.5. The van der Waals surface area contributed by atoms with Crippen molar-refractivity contribution in [1.29, 1.82) is 0 Å². The Morgan fingerprint density at radius 2 is 1.61 bits per heavy atom. The molecule has 0 heterocycles. The number of anilines is 1. The van der Waals surface area contributed by atoms with Crippen LogP contribution in [0.1, 0.15) is 15.9 Å². The first-order valence-corrected chi connectivity index (χ1v) is 11.3. The number of sulfonamides is 1. The van der Waals surface area contributed by atoms with E-state index in [0.29, 0.717) is 0 Å². The molecule has 33 heavy (non-hydrogen) atoms. The minimum atomic E-state index is -4.68. The molecular formula is C22H17ClF4N2O3S. The fourth-order valence-electron chi connectivity index (χ4n) is 2.93. The van der Waals surface area contributed by atoms with Gasteiger partial charge < -0.3 is 5.32 Å². The van der Waals surface area contributed by atoms with Crippen LogP contribution in [0, 0.1) is 5.82 Å². The number of rotatable bonds is 7. The van der Waals surface area contributed by atoms with Crippen LogP contribution in [0.3, 0.4) is 0 Å². The van der Waals surface area contributed by atoms with Crippen molar-refractivity contribution >= 4 is 33.2 Å². The van der Waals surface area contributed by atoms with Crippen molar-refractivity contribution in [3.63, 3.8) is 0 Å². The molecule has 0 unspecified atom stereocenters. The van der Waals surface area contributed by atoms with Crippen LogP contribution in [0.2, 0.25) is 5.02 Å². The summed E-state index contributed by atoms with van der Waals surface area (Å²) in [4.78, 5) is 12.1. The van der Waals surface area contributed by atoms with Crippen LogP contribution in [0.15, 0.2) is 77.7 Å². The summed E-state index contributed by atoms with van der Waals surface area (Å²) in [6.07, 6.45) is -4.68. The molecule has 0 saturated heterocycles. The first-order valence-electron chi connectivity index (χ1n) is 9.48. The molecule has 0 aliphatic heterocycles. The van der Waals surface area contributed by atoms with E-state index in [1.807, 2.05) is 0 Å². The van der Waals surface area contributed by atoms with Gasteiger partial charge in [0.1, 0.15) is 5.82 Å². The lowest BCUT2D eigenvalue weighted by atomic mass is 10.2. The number of nitrogens with one attached hydrogen (secondary N) is 1. The predicted octanol–water partition coefficient (Wildman–Crippen LogP) is 5.12. The second-order valence-electron chi connectivity index (χ2n) is 6.84. The predicted molar refractivity (Wildman–Crippen MR) is 116 cm³/mol. The molecule has 0 fully saturated rings. The lowest BCUT2D eigenvalue weighted by Gasteiger charge is -2.25. The average Bonchev–Trinajstić information content (AvgIpc) is 2.76. The molecule has 0 radical (unpaired) electrons. The zero-order valence-corrected chi connectivity index (χ0v) is 18.4. The number of benzene rings is 3. The smallest absolute Gasteiger partial charge is 0.350 e. The largest absolute Gasteiger partial charge is 0.416 e. The molecule has 3 aromatic carbocycles. The van der Waals surface area contributed by atoms with Gasteiger partial charge in [0.05, 0.1) is 22.7 Å². The van der Waals surface area contributed by atoms with Crippen molar-refractivity contribution in [3.8, 4) is 0 Å². The van der Waals surface area contributed by atoms with Gasteiger partial charge in [-0.15, -0.1) is 0 Å². The Labute approximate surface area is 192 Å². The Hall–Kier alpha value is -3.11. The van der Waals surface area contributed by atoms with Crippen molar-refractivity contribution in [1.82, 2.24) is 5.32 Å². The highest BCUT2D eigenvalue weighted by Crippen LogP contribution is 2.33. The molecule has 5 nitrogen and oxygen atoms in total. The van der Waals surface area contributed by atoms with E-state index in [4.69, 9.17) is 11.6 Å². The summed E-state index contributed by atoms with van der Waals surface area (Å²) < 4.78 is 79.9. The number of carbonyl (C=O) groups excluding carboxylic acids is 1. The number of hydrogen-bond acceptors (Lipinski definition) is 3. The molecule has 0 atom stereocenters. The summed E-state index contributed by atoms with van der Waals surface area (Å²) in [5.41, 5.74) is -1.11. The number of hydrogen-bond donors (Lipinski definition) is 1. The number of amides is 1. The fraction of sp³-hybridized carbons (Fsp3) is 0.136. The van der Waals surface area contributed by atoms with Crippen LogP contribution in [-0.2, 0) is 16.2 Å². The molecule has 1 N–H and O–H groups in total. The van der Waals surface area contributed by atoms with Gasteiger partial charge in [0.25, 0.3) is 15.9 Å². The Morgan fingerprint density at radius 3 is 2.21 bits per heavy atom. The van der Waals surface area contributed by atoms with Gasteiger partial charge >= 0.3 is 6.18 Å². The monoisotopic (exact) mass is 500 g/mol. The zero-order valence-electron chi connectivity index (χ0n) is 16.8. The third-order valence-electron chi connectivity index (χ3n) is 4.57. The van der Waals surface area contributed by atoms with E-state index in [2.05, 4.69) is 5.32 Å². The highest BCUT2D eigenvalue weighted by Gasteiger charge is 2.32. The number of carbonyl (C=O) groups is 1. The Kier molecular flexibility index (Phi) is 7.28. The third kappa shape index (κ3) is 6.02. The maximum atomic E-state index is 13.2. The second-order valence-corrected chi connectivity index (χ2v) is 9.14. The quantitative estimate of drug-likeness (QED) is 0.458. The molecule has 0 spiro atoms. The molecule has 0 aliphatic rings. The maximum Gasteiger partial charge on any atom is 0.416 e. The van der Waals surface area contributed by atoms with Crippen LogP contribution >= 0.6 is 11.6 Å². The fourth-order valence-corrected chi connectivity index (χ4v) is 4.52. The first kappa shape index (κ1) is 24.5. The molecular weight excluding hydrogens is 484 g/mol. The van der Waals surface area contributed by atoms with Gasteiger partial charge in [-0.1, -0.05) is 17.7 Å². The molecule has 0 bridgehead atoms. The van der Waals surface area contributed by atoms with Crippen LogP contribution < -0.4 is 9.62 Å². The molecule has 3 aromatic rings. The standard InChI is InChI=1S/C22H17ClF4N2O3S/c23-17-6-10-20(11-7-17)33(31,32)29(19-3-1-2-16(14-19)22(25,26)27)13-12-28-21(30)15-4-8-18(24)9-5-15/h1-11,14H,12-13H2,(H,28,30). The first-order chi connectivity index (χ1) is 15.5. The van der Waals surface area contributed by atoms with Crippen LogP contribution in [0.5, 0.6) is 0 Å². The van der Waals surface area contributed by atoms with Gasteiger partial charge in [0.15, 0.2) is 0 Å². The summed E-state index contributed by atoms with van der Waals surface area (Å²) >= 11 is 5.81. The maximum absolute atomic E-state index is 13.2. The second kappa shape index (κ2) is 9.80. The molecule has 3 rings (SSSR count).